The minimum absolute atomic E-state index is 0.142. The summed E-state index contributed by atoms with van der Waals surface area (Å²) in [6.07, 6.45) is 0. The van der Waals surface area contributed by atoms with E-state index in [2.05, 4.69) is 20.5 Å². The first-order chi connectivity index (χ1) is 16.1. The SMILES string of the molecule is COc1cc(C(=O)Nc2n[nH]c(-c3ccccc3OC)n2)ccc1OCc1ccc(Cl)cc1. The molecule has 4 rings (SSSR count). The summed E-state index contributed by atoms with van der Waals surface area (Å²) in [5, 5.41) is 10.2. The molecule has 0 aliphatic rings. The fourth-order valence-corrected chi connectivity index (χ4v) is 3.25. The second-order valence-corrected chi connectivity index (χ2v) is 7.38. The monoisotopic (exact) mass is 464 g/mol. The highest BCUT2D eigenvalue weighted by Gasteiger charge is 2.15. The van der Waals surface area contributed by atoms with E-state index >= 15 is 0 Å². The maximum atomic E-state index is 12.7. The number of anilines is 1. The minimum atomic E-state index is -0.386. The molecule has 8 nitrogen and oxygen atoms in total. The largest absolute Gasteiger partial charge is 0.496 e. The molecule has 0 aliphatic carbocycles. The van der Waals surface area contributed by atoms with Crippen LogP contribution in [0.15, 0.2) is 66.7 Å². The molecule has 1 aromatic heterocycles. The zero-order valence-electron chi connectivity index (χ0n) is 18.0. The molecule has 2 N–H and O–H groups in total. The number of rotatable bonds is 8. The van der Waals surface area contributed by atoms with Gasteiger partial charge in [0.15, 0.2) is 17.3 Å². The lowest BCUT2D eigenvalue weighted by atomic mass is 10.2. The van der Waals surface area contributed by atoms with Gasteiger partial charge in [0.2, 0.25) is 5.95 Å². The number of para-hydroxylation sites is 1. The van der Waals surface area contributed by atoms with Crippen molar-refractivity contribution in [2.75, 3.05) is 19.5 Å². The zero-order chi connectivity index (χ0) is 23.2. The molecule has 1 heterocycles. The van der Waals surface area contributed by atoms with Gasteiger partial charge < -0.3 is 14.2 Å². The number of aromatic amines is 1. The Bertz CT molecular complexity index is 1260. The normalized spacial score (nSPS) is 10.5. The fraction of sp³-hybridized carbons (Fsp3) is 0.125. The summed E-state index contributed by atoms with van der Waals surface area (Å²) >= 11 is 5.91. The van der Waals surface area contributed by atoms with Crippen molar-refractivity contribution in [3.63, 3.8) is 0 Å². The van der Waals surface area contributed by atoms with Crippen LogP contribution in [0.1, 0.15) is 15.9 Å². The summed E-state index contributed by atoms with van der Waals surface area (Å²) < 4.78 is 16.6. The van der Waals surface area contributed by atoms with Crippen molar-refractivity contribution in [2.45, 2.75) is 6.61 Å². The Balaban J connectivity index is 1.45. The van der Waals surface area contributed by atoms with Gasteiger partial charge in [-0.15, -0.1) is 5.10 Å². The third kappa shape index (κ3) is 5.24. The first-order valence-corrected chi connectivity index (χ1v) is 10.4. The molecule has 3 aromatic carbocycles. The van der Waals surface area contributed by atoms with Crippen LogP contribution in [0.5, 0.6) is 17.2 Å². The van der Waals surface area contributed by atoms with Gasteiger partial charge in [0, 0.05) is 10.6 Å². The number of nitrogens with zero attached hydrogens (tertiary/aromatic N) is 2. The molecule has 4 aromatic rings. The van der Waals surface area contributed by atoms with Gasteiger partial charge in [-0.2, -0.15) is 4.98 Å². The van der Waals surface area contributed by atoms with Crippen LogP contribution in [0.25, 0.3) is 11.4 Å². The molecular formula is C24H21ClN4O4. The first-order valence-electron chi connectivity index (χ1n) is 10.00. The van der Waals surface area contributed by atoms with Crippen LogP contribution in [0.2, 0.25) is 5.02 Å². The molecule has 0 spiro atoms. The highest BCUT2D eigenvalue weighted by atomic mass is 35.5. The van der Waals surface area contributed by atoms with E-state index in [9.17, 15) is 4.79 Å². The Labute approximate surface area is 195 Å². The minimum Gasteiger partial charge on any atom is -0.496 e. The van der Waals surface area contributed by atoms with Crippen molar-refractivity contribution in [3.8, 4) is 28.6 Å². The fourth-order valence-electron chi connectivity index (χ4n) is 3.12. The van der Waals surface area contributed by atoms with Gasteiger partial charge in [0.05, 0.1) is 19.8 Å². The molecule has 0 fully saturated rings. The molecule has 0 saturated heterocycles. The molecule has 0 unspecified atom stereocenters. The maximum Gasteiger partial charge on any atom is 0.258 e. The number of benzene rings is 3. The highest BCUT2D eigenvalue weighted by Crippen LogP contribution is 2.30. The lowest BCUT2D eigenvalue weighted by Crippen LogP contribution is -2.13. The summed E-state index contributed by atoms with van der Waals surface area (Å²) in [5.41, 5.74) is 2.06. The van der Waals surface area contributed by atoms with Crippen molar-refractivity contribution in [2.24, 2.45) is 0 Å². The lowest BCUT2D eigenvalue weighted by molar-refractivity contribution is 0.102. The Morgan fingerprint density at radius 1 is 0.970 bits per heavy atom. The van der Waals surface area contributed by atoms with E-state index in [1.54, 1.807) is 37.4 Å². The van der Waals surface area contributed by atoms with E-state index in [4.69, 9.17) is 25.8 Å². The van der Waals surface area contributed by atoms with Gasteiger partial charge in [-0.25, -0.2) is 0 Å². The third-order valence-corrected chi connectivity index (χ3v) is 5.06. The predicted molar refractivity (Wildman–Crippen MR) is 125 cm³/mol. The quantitative estimate of drug-likeness (QED) is 0.382. The van der Waals surface area contributed by atoms with Crippen molar-refractivity contribution >= 4 is 23.5 Å². The lowest BCUT2D eigenvalue weighted by Gasteiger charge is -2.12. The standard InChI is InChI=1S/C24H21ClN4O4/c1-31-19-6-4-3-5-18(19)22-26-24(29-28-22)27-23(30)16-9-12-20(21(13-16)32-2)33-14-15-7-10-17(25)11-8-15/h3-13H,14H2,1-2H3,(H2,26,27,28,29,30). The molecular weight excluding hydrogens is 444 g/mol. The average Bonchev–Trinajstić information content (AvgIpc) is 3.31. The smallest absolute Gasteiger partial charge is 0.258 e. The van der Waals surface area contributed by atoms with Gasteiger partial charge in [-0.1, -0.05) is 35.9 Å². The van der Waals surface area contributed by atoms with E-state index in [0.29, 0.717) is 40.3 Å². The van der Waals surface area contributed by atoms with Crippen LogP contribution in [0.4, 0.5) is 5.95 Å². The van der Waals surface area contributed by atoms with Crippen LogP contribution >= 0.6 is 11.6 Å². The number of hydrogen-bond donors (Lipinski definition) is 2. The van der Waals surface area contributed by atoms with E-state index < -0.39 is 0 Å². The van der Waals surface area contributed by atoms with Crippen LogP contribution in [-0.4, -0.2) is 35.3 Å². The van der Waals surface area contributed by atoms with Crippen molar-refractivity contribution in [1.82, 2.24) is 15.2 Å². The Hall–Kier alpha value is -4.04. The number of aromatic nitrogens is 3. The van der Waals surface area contributed by atoms with Gasteiger partial charge >= 0.3 is 0 Å². The number of ether oxygens (including phenoxy) is 3. The second-order valence-electron chi connectivity index (χ2n) is 6.94. The van der Waals surface area contributed by atoms with E-state index in [-0.39, 0.29) is 11.9 Å². The summed E-state index contributed by atoms with van der Waals surface area (Å²) in [6, 6.07) is 19.7. The number of amides is 1. The molecule has 168 valence electrons. The predicted octanol–water partition coefficient (Wildman–Crippen LogP) is 4.97. The van der Waals surface area contributed by atoms with Crippen molar-refractivity contribution in [3.05, 3.63) is 82.9 Å². The first kappa shape index (κ1) is 22.2. The van der Waals surface area contributed by atoms with Crippen LogP contribution in [0.3, 0.4) is 0 Å². The summed E-state index contributed by atoms with van der Waals surface area (Å²) in [5.74, 6) is 1.82. The topological polar surface area (TPSA) is 98.4 Å². The Morgan fingerprint density at radius 2 is 1.73 bits per heavy atom. The molecule has 0 atom stereocenters. The Kier molecular flexibility index (Phi) is 6.75. The van der Waals surface area contributed by atoms with Crippen LogP contribution < -0.4 is 19.5 Å². The number of nitrogens with one attached hydrogen (secondary N) is 2. The molecule has 9 heteroatoms. The third-order valence-electron chi connectivity index (χ3n) is 4.81. The molecule has 0 aliphatic heterocycles. The number of hydrogen-bond acceptors (Lipinski definition) is 6. The van der Waals surface area contributed by atoms with Gasteiger partial charge in [0.1, 0.15) is 12.4 Å². The van der Waals surface area contributed by atoms with Gasteiger partial charge in [-0.05, 0) is 48.0 Å². The van der Waals surface area contributed by atoms with Crippen molar-refractivity contribution in [1.29, 1.82) is 0 Å². The number of methoxy groups -OCH3 is 2. The van der Waals surface area contributed by atoms with Gasteiger partial charge in [0.25, 0.3) is 5.91 Å². The molecule has 0 bridgehead atoms. The Morgan fingerprint density at radius 3 is 2.48 bits per heavy atom. The summed E-state index contributed by atoms with van der Waals surface area (Å²) in [6.45, 7) is 0.335. The van der Waals surface area contributed by atoms with E-state index in [1.807, 2.05) is 36.4 Å². The van der Waals surface area contributed by atoms with Gasteiger partial charge in [-0.3, -0.25) is 15.2 Å². The number of carbonyl (C=O) groups is 1. The van der Waals surface area contributed by atoms with E-state index in [0.717, 1.165) is 11.1 Å². The van der Waals surface area contributed by atoms with Crippen LogP contribution in [0, 0.1) is 0 Å². The van der Waals surface area contributed by atoms with E-state index in [1.165, 1.54) is 7.11 Å². The number of carbonyl (C=O) groups excluding carboxylic acids is 1. The number of H-pyrrole nitrogens is 1. The number of halogens is 1. The highest BCUT2D eigenvalue weighted by molar-refractivity contribution is 6.30. The molecule has 1 amide bonds. The average molecular weight is 465 g/mol. The van der Waals surface area contributed by atoms with Crippen LogP contribution in [-0.2, 0) is 6.61 Å². The second kappa shape index (κ2) is 10.1. The summed E-state index contributed by atoms with van der Waals surface area (Å²) in [7, 11) is 3.09. The molecule has 33 heavy (non-hydrogen) atoms. The molecule has 0 saturated carbocycles. The summed E-state index contributed by atoms with van der Waals surface area (Å²) in [4.78, 5) is 17.1. The maximum absolute atomic E-state index is 12.7. The van der Waals surface area contributed by atoms with Crippen molar-refractivity contribution < 1.29 is 19.0 Å². The zero-order valence-corrected chi connectivity index (χ0v) is 18.7. The molecule has 0 radical (unpaired) electrons.